The van der Waals surface area contributed by atoms with Crippen LogP contribution in [0.4, 0.5) is 18.0 Å². The zero-order chi connectivity index (χ0) is 15.7. The zero-order valence-corrected chi connectivity index (χ0v) is 12.0. The van der Waals surface area contributed by atoms with Gasteiger partial charge in [-0.3, -0.25) is 4.79 Å². The number of ether oxygens (including phenoxy) is 1. The van der Waals surface area contributed by atoms with Crippen LogP contribution in [-0.2, 0) is 9.53 Å². The molecule has 0 unspecified atom stereocenters. The Balaban J connectivity index is 2.64. The number of hydrogen-bond donors (Lipinski definition) is 0. The number of rotatable bonds is 0. The van der Waals surface area contributed by atoms with Crippen LogP contribution in [-0.4, -0.2) is 59.3 Å². The summed E-state index contributed by atoms with van der Waals surface area (Å²) >= 11 is 0. The highest BCUT2D eigenvalue weighted by molar-refractivity contribution is 5.82. The second-order valence-electron chi connectivity index (χ2n) is 5.77. The molecule has 1 atom stereocenters. The molecule has 0 aliphatic carbocycles. The van der Waals surface area contributed by atoms with Crippen molar-refractivity contribution < 1.29 is 27.5 Å². The van der Waals surface area contributed by atoms with Crippen molar-refractivity contribution in [2.75, 3.05) is 19.6 Å². The van der Waals surface area contributed by atoms with Gasteiger partial charge in [0.15, 0.2) is 0 Å². The van der Waals surface area contributed by atoms with E-state index in [1.807, 2.05) is 0 Å². The third-order valence-electron chi connectivity index (χ3n) is 2.78. The normalized spacial score (nSPS) is 20.9. The Morgan fingerprint density at radius 2 is 1.70 bits per heavy atom. The van der Waals surface area contributed by atoms with E-state index in [-0.39, 0.29) is 19.6 Å². The van der Waals surface area contributed by atoms with E-state index in [2.05, 4.69) is 0 Å². The smallest absolute Gasteiger partial charge is 0.444 e. The second-order valence-corrected chi connectivity index (χ2v) is 5.77. The van der Waals surface area contributed by atoms with Crippen LogP contribution in [0.2, 0.25) is 0 Å². The van der Waals surface area contributed by atoms with Crippen molar-refractivity contribution in [3.63, 3.8) is 0 Å². The summed E-state index contributed by atoms with van der Waals surface area (Å²) in [6.07, 6.45) is -5.47. The molecule has 1 rings (SSSR count). The van der Waals surface area contributed by atoms with Crippen molar-refractivity contribution >= 4 is 12.0 Å². The zero-order valence-electron chi connectivity index (χ0n) is 12.0. The average molecular weight is 296 g/mol. The summed E-state index contributed by atoms with van der Waals surface area (Å²) in [7, 11) is 0. The lowest BCUT2D eigenvalue weighted by Crippen LogP contribution is -2.58. The number of nitrogens with zero attached hydrogens (tertiary/aromatic N) is 2. The van der Waals surface area contributed by atoms with Gasteiger partial charge in [-0.2, -0.15) is 13.2 Å². The summed E-state index contributed by atoms with van der Waals surface area (Å²) in [5, 5.41) is 0. The lowest BCUT2D eigenvalue weighted by Gasteiger charge is -2.40. The summed E-state index contributed by atoms with van der Waals surface area (Å²) in [5.74, 6) is -1.87. The standard InChI is InChI=1S/C12H19F3N2O3/c1-8-7-16(10(19)20-11(2,3)4)5-6-17(8)9(18)12(13,14)15/h8H,5-7H2,1-4H3/t8-/m1/s1. The fourth-order valence-corrected chi connectivity index (χ4v) is 1.91. The third-order valence-corrected chi connectivity index (χ3v) is 2.78. The van der Waals surface area contributed by atoms with Crippen molar-refractivity contribution in [2.24, 2.45) is 0 Å². The lowest BCUT2D eigenvalue weighted by atomic mass is 10.2. The highest BCUT2D eigenvalue weighted by Gasteiger charge is 2.45. The van der Waals surface area contributed by atoms with Crippen LogP contribution in [0.5, 0.6) is 0 Å². The number of carbonyl (C=O) groups excluding carboxylic acids is 2. The summed E-state index contributed by atoms with van der Waals surface area (Å²) in [5.41, 5.74) is -0.667. The predicted octanol–water partition coefficient (Wildman–Crippen LogP) is 2.02. The number of carbonyl (C=O) groups is 2. The molecule has 0 aromatic carbocycles. The first kappa shape index (κ1) is 16.6. The molecule has 2 amide bonds. The van der Waals surface area contributed by atoms with Crippen molar-refractivity contribution in [1.82, 2.24) is 9.80 Å². The minimum absolute atomic E-state index is 0.0245. The minimum Gasteiger partial charge on any atom is -0.444 e. The molecule has 0 aromatic heterocycles. The van der Waals surface area contributed by atoms with Crippen LogP contribution in [0.3, 0.4) is 0 Å². The molecule has 20 heavy (non-hydrogen) atoms. The number of alkyl halides is 3. The highest BCUT2D eigenvalue weighted by atomic mass is 19.4. The van der Waals surface area contributed by atoms with Crippen molar-refractivity contribution in [3.05, 3.63) is 0 Å². The summed E-state index contributed by atoms with van der Waals surface area (Å²) in [4.78, 5) is 25.1. The van der Waals surface area contributed by atoms with E-state index >= 15 is 0 Å². The fraction of sp³-hybridized carbons (Fsp3) is 0.833. The van der Waals surface area contributed by atoms with E-state index in [0.29, 0.717) is 0 Å². The third kappa shape index (κ3) is 4.28. The van der Waals surface area contributed by atoms with Crippen LogP contribution in [0.15, 0.2) is 0 Å². The molecular weight excluding hydrogens is 277 g/mol. The molecule has 1 aliphatic rings. The summed E-state index contributed by atoms with van der Waals surface area (Å²) in [6.45, 7) is 6.49. The van der Waals surface area contributed by atoms with E-state index in [1.165, 1.54) is 11.8 Å². The van der Waals surface area contributed by atoms with Gasteiger partial charge in [-0.15, -0.1) is 0 Å². The largest absolute Gasteiger partial charge is 0.471 e. The van der Waals surface area contributed by atoms with Crippen LogP contribution in [0.25, 0.3) is 0 Å². The van der Waals surface area contributed by atoms with Crippen LogP contribution < -0.4 is 0 Å². The molecule has 8 heteroatoms. The van der Waals surface area contributed by atoms with Crippen LogP contribution in [0, 0.1) is 0 Å². The number of amides is 2. The molecule has 0 bridgehead atoms. The van der Waals surface area contributed by atoms with Gasteiger partial charge in [-0.25, -0.2) is 4.79 Å². The lowest BCUT2D eigenvalue weighted by molar-refractivity contribution is -0.189. The molecule has 0 spiro atoms. The molecule has 0 aromatic rings. The van der Waals surface area contributed by atoms with Crippen molar-refractivity contribution in [3.8, 4) is 0 Å². The Labute approximate surface area is 115 Å². The van der Waals surface area contributed by atoms with Gasteiger partial charge in [0.2, 0.25) is 0 Å². The number of hydrogen-bond acceptors (Lipinski definition) is 3. The van der Waals surface area contributed by atoms with E-state index in [4.69, 9.17) is 4.74 Å². The maximum absolute atomic E-state index is 12.4. The van der Waals surface area contributed by atoms with Crippen molar-refractivity contribution in [1.29, 1.82) is 0 Å². The Kier molecular flexibility index (Phi) is 4.55. The molecule has 116 valence electrons. The van der Waals surface area contributed by atoms with Crippen molar-refractivity contribution in [2.45, 2.75) is 45.5 Å². The highest BCUT2D eigenvalue weighted by Crippen LogP contribution is 2.22. The average Bonchev–Trinajstić information content (AvgIpc) is 2.24. The molecule has 0 radical (unpaired) electrons. The van der Waals surface area contributed by atoms with Gasteiger partial charge in [0.1, 0.15) is 5.60 Å². The Hall–Kier alpha value is -1.47. The SMILES string of the molecule is C[C@@H]1CN(C(=O)OC(C)(C)C)CCN1C(=O)C(F)(F)F. The molecule has 1 heterocycles. The van der Waals surface area contributed by atoms with E-state index < -0.39 is 29.8 Å². The van der Waals surface area contributed by atoms with Gasteiger partial charge >= 0.3 is 18.2 Å². The Bertz CT molecular complexity index is 390. The summed E-state index contributed by atoms with van der Waals surface area (Å²) in [6, 6.07) is -0.703. The van der Waals surface area contributed by atoms with E-state index in [0.717, 1.165) is 4.90 Å². The predicted molar refractivity (Wildman–Crippen MR) is 65.0 cm³/mol. The van der Waals surface area contributed by atoms with Gasteiger partial charge in [0.05, 0.1) is 0 Å². The number of halogens is 3. The monoisotopic (exact) mass is 296 g/mol. The maximum Gasteiger partial charge on any atom is 0.471 e. The van der Waals surface area contributed by atoms with Gasteiger partial charge in [0, 0.05) is 25.7 Å². The van der Waals surface area contributed by atoms with Gasteiger partial charge < -0.3 is 14.5 Å². The topological polar surface area (TPSA) is 49.9 Å². The van der Waals surface area contributed by atoms with E-state index in [9.17, 15) is 22.8 Å². The molecule has 1 fully saturated rings. The van der Waals surface area contributed by atoms with Gasteiger partial charge in [0.25, 0.3) is 0 Å². The second kappa shape index (κ2) is 5.49. The molecule has 0 saturated carbocycles. The summed E-state index contributed by atoms with van der Waals surface area (Å²) < 4.78 is 42.3. The first-order valence-corrected chi connectivity index (χ1v) is 6.27. The quantitative estimate of drug-likeness (QED) is 0.687. The number of piperazine rings is 1. The Morgan fingerprint density at radius 3 is 2.10 bits per heavy atom. The molecule has 1 saturated heterocycles. The van der Waals surface area contributed by atoms with Gasteiger partial charge in [-0.1, -0.05) is 0 Å². The molecule has 0 N–H and O–H groups in total. The van der Waals surface area contributed by atoms with Gasteiger partial charge in [-0.05, 0) is 27.7 Å². The first-order valence-electron chi connectivity index (χ1n) is 6.27. The fourth-order valence-electron chi connectivity index (χ4n) is 1.91. The minimum atomic E-state index is -4.89. The molecule has 5 nitrogen and oxygen atoms in total. The van der Waals surface area contributed by atoms with Crippen LogP contribution in [0.1, 0.15) is 27.7 Å². The maximum atomic E-state index is 12.4. The van der Waals surface area contributed by atoms with E-state index in [1.54, 1.807) is 20.8 Å². The van der Waals surface area contributed by atoms with Crippen LogP contribution >= 0.6 is 0 Å². The molecule has 1 aliphatic heterocycles. The Morgan fingerprint density at radius 1 is 1.15 bits per heavy atom. The molecular formula is C12H19F3N2O3. The first-order chi connectivity index (χ1) is 8.92.